The van der Waals surface area contributed by atoms with Gasteiger partial charge in [0.25, 0.3) is 0 Å². The molecule has 0 saturated carbocycles. The number of alkyl halides is 2. The van der Waals surface area contributed by atoms with Crippen molar-refractivity contribution in [3.8, 4) is 0 Å². The molecule has 88 valence electrons. The zero-order valence-corrected chi connectivity index (χ0v) is 11.9. The lowest BCUT2D eigenvalue weighted by Crippen LogP contribution is -2.11. The molecule has 0 aliphatic heterocycles. The largest absolute Gasteiger partial charge is 0.178 e. The molecule has 0 atom stereocenters. The van der Waals surface area contributed by atoms with Gasteiger partial charge in [-0.3, -0.25) is 0 Å². The maximum atomic E-state index is 6.30. The van der Waals surface area contributed by atoms with Gasteiger partial charge in [0, 0.05) is 0 Å². The van der Waals surface area contributed by atoms with E-state index in [0.29, 0.717) is 5.03 Å². The van der Waals surface area contributed by atoms with Crippen molar-refractivity contribution in [2.24, 2.45) is 0 Å². The normalized spacial score (nSPS) is 13.0. The molecule has 1 aromatic rings. The van der Waals surface area contributed by atoms with E-state index in [2.05, 4.69) is 6.07 Å². The molecular formula is C13H15Cl3. The molecule has 0 radical (unpaired) electrons. The van der Waals surface area contributed by atoms with Crippen molar-refractivity contribution in [1.29, 1.82) is 0 Å². The van der Waals surface area contributed by atoms with Gasteiger partial charge in [-0.2, -0.15) is 0 Å². The van der Waals surface area contributed by atoms with Gasteiger partial charge in [0.1, 0.15) is 0 Å². The number of halogens is 3. The van der Waals surface area contributed by atoms with Crippen LogP contribution in [0.5, 0.6) is 0 Å². The van der Waals surface area contributed by atoms with Crippen molar-refractivity contribution in [3.05, 3.63) is 46.0 Å². The van der Waals surface area contributed by atoms with E-state index in [4.69, 9.17) is 34.8 Å². The summed E-state index contributed by atoms with van der Waals surface area (Å²) >= 11 is 18.7. The van der Waals surface area contributed by atoms with Crippen LogP contribution in [0.15, 0.2) is 29.3 Å². The molecule has 0 aliphatic rings. The van der Waals surface area contributed by atoms with Gasteiger partial charge in [0.2, 0.25) is 0 Å². The average molecular weight is 278 g/mol. The number of benzene rings is 1. The minimum absolute atomic E-state index is 0.461. The predicted octanol–water partition coefficient (Wildman–Crippen LogP) is 5.47. The Morgan fingerprint density at radius 2 is 1.69 bits per heavy atom. The second-order valence-electron chi connectivity index (χ2n) is 3.91. The number of allylic oxidation sites excluding steroid dienone is 2. The van der Waals surface area contributed by atoms with E-state index >= 15 is 0 Å². The molecule has 0 heterocycles. The fourth-order valence-electron chi connectivity index (χ4n) is 1.60. The SMILES string of the molecule is CC/C=C(\Cl)C(Cl)(Cl)c1cc(C)cc(C)c1. The summed E-state index contributed by atoms with van der Waals surface area (Å²) in [5.41, 5.74) is 3.08. The number of aryl methyl sites for hydroxylation is 2. The van der Waals surface area contributed by atoms with Crippen LogP contribution < -0.4 is 0 Å². The van der Waals surface area contributed by atoms with Gasteiger partial charge in [-0.15, -0.1) is 0 Å². The first-order chi connectivity index (χ1) is 7.37. The molecule has 0 N–H and O–H groups in total. The van der Waals surface area contributed by atoms with Gasteiger partial charge in [0.05, 0.1) is 5.03 Å². The molecule has 0 spiro atoms. The first-order valence-electron chi connectivity index (χ1n) is 5.20. The Hall–Kier alpha value is -0.170. The third kappa shape index (κ3) is 3.16. The summed E-state index contributed by atoms with van der Waals surface area (Å²) in [5, 5.41) is 0.461. The highest BCUT2D eigenvalue weighted by Crippen LogP contribution is 2.43. The molecule has 0 aliphatic carbocycles. The van der Waals surface area contributed by atoms with Gasteiger partial charge in [-0.25, -0.2) is 0 Å². The Balaban J connectivity index is 3.21. The lowest BCUT2D eigenvalue weighted by molar-refractivity contribution is 1.04. The van der Waals surface area contributed by atoms with Crippen molar-refractivity contribution < 1.29 is 0 Å². The highest BCUT2D eigenvalue weighted by molar-refractivity contribution is 6.55. The summed E-state index contributed by atoms with van der Waals surface area (Å²) in [6.07, 6.45) is 2.64. The van der Waals surface area contributed by atoms with Crippen molar-refractivity contribution in [2.75, 3.05) is 0 Å². The molecule has 0 fully saturated rings. The summed E-state index contributed by atoms with van der Waals surface area (Å²) < 4.78 is -1.14. The molecule has 0 bridgehead atoms. The van der Waals surface area contributed by atoms with E-state index in [-0.39, 0.29) is 0 Å². The Labute approximate surface area is 112 Å². The van der Waals surface area contributed by atoms with Gasteiger partial charge in [-0.05, 0) is 25.8 Å². The summed E-state index contributed by atoms with van der Waals surface area (Å²) in [6, 6.07) is 5.99. The van der Waals surface area contributed by atoms with Gasteiger partial charge < -0.3 is 0 Å². The molecule has 0 nitrogen and oxygen atoms in total. The number of hydrogen-bond donors (Lipinski definition) is 0. The maximum Gasteiger partial charge on any atom is 0.178 e. The van der Waals surface area contributed by atoms with Crippen LogP contribution in [0.4, 0.5) is 0 Å². The standard InChI is InChI=1S/C13H15Cl3/c1-4-5-12(14)13(15,16)11-7-9(2)6-10(3)8-11/h5-8H,4H2,1-3H3/b12-5-. The number of hydrogen-bond acceptors (Lipinski definition) is 0. The van der Waals surface area contributed by atoms with Gasteiger partial charge in [-0.1, -0.05) is 77.1 Å². The van der Waals surface area contributed by atoms with Crippen LogP contribution in [-0.2, 0) is 4.33 Å². The van der Waals surface area contributed by atoms with Crippen LogP contribution in [0.1, 0.15) is 30.0 Å². The Bertz CT molecular complexity index is 385. The minimum atomic E-state index is -1.14. The molecule has 3 heteroatoms. The van der Waals surface area contributed by atoms with Crippen LogP contribution in [0.2, 0.25) is 0 Å². The van der Waals surface area contributed by atoms with E-state index in [1.807, 2.05) is 39.0 Å². The summed E-state index contributed by atoms with van der Waals surface area (Å²) in [7, 11) is 0. The minimum Gasteiger partial charge on any atom is -0.0899 e. The van der Waals surface area contributed by atoms with E-state index < -0.39 is 4.33 Å². The van der Waals surface area contributed by atoms with Crippen molar-refractivity contribution in [2.45, 2.75) is 31.5 Å². The highest BCUT2D eigenvalue weighted by atomic mass is 35.5. The average Bonchev–Trinajstić information content (AvgIpc) is 2.16. The van der Waals surface area contributed by atoms with Crippen molar-refractivity contribution in [1.82, 2.24) is 0 Å². The van der Waals surface area contributed by atoms with Crippen LogP contribution in [0.25, 0.3) is 0 Å². The third-order valence-electron chi connectivity index (χ3n) is 2.27. The van der Waals surface area contributed by atoms with E-state index in [1.165, 1.54) is 0 Å². The molecule has 1 aromatic carbocycles. The molecule has 0 saturated heterocycles. The Morgan fingerprint density at radius 1 is 1.19 bits per heavy atom. The lowest BCUT2D eigenvalue weighted by Gasteiger charge is -2.20. The van der Waals surface area contributed by atoms with Crippen molar-refractivity contribution in [3.63, 3.8) is 0 Å². The highest BCUT2D eigenvalue weighted by Gasteiger charge is 2.30. The first kappa shape index (κ1) is 13.9. The molecule has 0 amide bonds. The fraction of sp³-hybridized carbons (Fsp3) is 0.385. The number of rotatable bonds is 3. The Kier molecular flexibility index (Phi) is 4.73. The monoisotopic (exact) mass is 276 g/mol. The predicted molar refractivity (Wildman–Crippen MR) is 73.5 cm³/mol. The van der Waals surface area contributed by atoms with E-state index in [0.717, 1.165) is 23.1 Å². The van der Waals surface area contributed by atoms with Crippen LogP contribution >= 0.6 is 34.8 Å². The molecule has 16 heavy (non-hydrogen) atoms. The topological polar surface area (TPSA) is 0 Å². The van der Waals surface area contributed by atoms with Crippen LogP contribution in [0.3, 0.4) is 0 Å². The van der Waals surface area contributed by atoms with E-state index in [1.54, 1.807) is 0 Å². The molecular weight excluding hydrogens is 263 g/mol. The fourth-order valence-corrected chi connectivity index (χ4v) is 2.24. The smallest absolute Gasteiger partial charge is 0.0899 e. The van der Waals surface area contributed by atoms with Crippen LogP contribution in [0, 0.1) is 13.8 Å². The summed E-state index contributed by atoms with van der Waals surface area (Å²) in [5.74, 6) is 0. The zero-order chi connectivity index (χ0) is 12.3. The van der Waals surface area contributed by atoms with Crippen molar-refractivity contribution >= 4 is 34.8 Å². The van der Waals surface area contributed by atoms with Crippen LogP contribution in [-0.4, -0.2) is 0 Å². The van der Waals surface area contributed by atoms with Gasteiger partial charge >= 0.3 is 0 Å². The summed E-state index contributed by atoms with van der Waals surface area (Å²) in [4.78, 5) is 0. The molecule has 0 aromatic heterocycles. The third-order valence-corrected chi connectivity index (χ3v) is 3.74. The summed E-state index contributed by atoms with van der Waals surface area (Å²) in [6.45, 7) is 6.02. The Morgan fingerprint density at radius 3 is 2.12 bits per heavy atom. The second kappa shape index (κ2) is 5.44. The quantitative estimate of drug-likeness (QED) is 0.643. The zero-order valence-electron chi connectivity index (χ0n) is 9.65. The van der Waals surface area contributed by atoms with Gasteiger partial charge in [0.15, 0.2) is 4.33 Å². The second-order valence-corrected chi connectivity index (χ2v) is 5.65. The first-order valence-corrected chi connectivity index (χ1v) is 6.34. The molecule has 0 unspecified atom stereocenters. The maximum absolute atomic E-state index is 6.30. The van der Waals surface area contributed by atoms with E-state index in [9.17, 15) is 0 Å². The lowest BCUT2D eigenvalue weighted by atomic mass is 10.0. The molecule has 1 rings (SSSR count).